The third-order valence-electron chi connectivity index (χ3n) is 16.5. The highest BCUT2D eigenvalue weighted by atomic mass is 16.8. The molecule has 8 N–H and O–H groups in total. The second kappa shape index (κ2) is 15.2. The third kappa shape index (κ3) is 6.90. The predicted molar refractivity (Wildman–Crippen MR) is 201 cm³/mol. The van der Waals surface area contributed by atoms with Crippen LogP contribution < -0.4 is 0 Å². The largest absolute Gasteiger partial charge is 0.394 e. The van der Waals surface area contributed by atoms with Crippen LogP contribution in [0.3, 0.4) is 0 Å². The summed E-state index contributed by atoms with van der Waals surface area (Å²) in [6.45, 7) is 14.0. The van der Waals surface area contributed by atoms with Crippen LogP contribution in [0.4, 0.5) is 0 Å². The van der Waals surface area contributed by atoms with Gasteiger partial charge in [0.2, 0.25) is 0 Å². The summed E-state index contributed by atoms with van der Waals surface area (Å²) in [5.41, 5.74) is -4.64. The van der Waals surface area contributed by atoms with Gasteiger partial charge in [0.15, 0.2) is 12.6 Å². The molecule has 15 nitrogen and oxygen atoms in total. The summed E-state index contributed by atoms with van der Waals surface area (Å²) >= 11 is 0. The molecule has 4 saturated carbocycles. The minimum atomic E-state index is -1.76. The molecular weight excluding hydrogens is 744 g/mol. The van der Waals surface area contributed by atoms with E-state index in [0.717, 1.165) is 0 Å². The molecule has 0 aromatic heterocycles. The molecule has 15 heteroatoms. The molecule has 11 unspecified atom stereocenters. The summed E-state index contributed by atoms with van der Waals surface area (Å²) in [6, 6.07) is 0. The average Bonchev–Trinajstić information content (AvgIpc) is 3.75. The van der Waals surface area contributed by atoms with Crippen molar-refractivity contribution in [1.29, 1.82) is 0 Å². The lowest BCUT2D eigenvalue weighted by atomic mass is 9.36. The number of ether oxygens (including phenoxy) is 6. The van der Waals surface area contributed by atoms with Gasteiger partial charge >= 0.3 is 0 Å². The van der Waals surface area contributed by atoms with Gasteiger partial charge in [0.1, 0.15) is 42.4 Å². The number of aliphatic hydroxyl groups is 8. The first-order valence-corrected chi connectivity index (χ1v) is 21.3. The van der Waals surface area contributed by atoms with E-state index >= 15 is 0 Å². The standard InChI is InChI=1S/C42H70O15/c1-20(45)26-19-52-42-14-9-21(41(8)13-11-29(57-41)38(4,5)51)30(42)22(46)15-27-39(6)12-10-28(47)37(2,3)34(39)23(16-40(27,42)7)53-35(56-26)25(18-44)55-36-33(50)32(49)31(48)24(17-43)54-36/h20-27,29-36,43-46,48-51H,9-19H2,1-8H3/t20-,21?,22-,23+,24?,25-,26?,27?,29-,30?,31?,32?,33?,34?,35?,36?,39-,40-,41+,42+/m1/s1. The number of fused-ring (bicyclic) bond motifs is 4. The number of Topliss-reactive ketones (excluding diaryl/α,β-unsaturated/α-hetero) is 1. The first kappa shape index (κ1) is 44.2. The van der Waals surface area contributed by atoms with Gasteiger partial charge in [-0.25, -0.2) is 0 Å². The van der Waals surface area contributed by atoms with Crippen molar-refractivity contribution in [2.24, 2.45) is 39.9 Å². The molecule has 20 atom stereocenters. The highest BCUT2D eigenvalue weighted by molar-refractivity contribution is 5.85. The third-order valence-corrected chi connectivity index (χ3v) is 16.5. The zero-order valence-electron chi connectivity index (χ0n) is 35.0. The number of hydrogen-bond acceptors (Lipinski definition) is 15. The van der Waals surface area contributed by atoms with Crippen LogP contribution in [0.15, 0.2) is 0 Å². The van der Waals surface area contributed by atoms with Crippen LogP contribution in [0.25, 0.3) is 0 Å². The van der Waals surface area contributed by atoms with Crippen molar-refractivity contribution in [3.8, 4) is 0 Å². The maximum atomic E-state index is 13.9. The first-order valence-electron chi connectivity index (χ1n) is 21.3. The van der Waals surface area contributed by atoms with Crippen molar-refractivity contribution < 1.29 is 74.1 Å². The Labute approximate surface area is 336 Å². The number of carbonyl (C=O) groups is 1. The lowest BCUT2D eigenvalue weighted by molar-refractivity contribution is -0.370. The van der Waals surface area contributed by atoms with Gasteiger partial charge in [-0.3, -0.25) is 4.79 Å². The molecule has 0 amide bonds. The Bertz CT molecular complexity index is 1470. The maximum Gasteiger partial charge on any atom is 0.187 e. The molecule has 3 heterocycles. The SMILES string of the molecule is C[C@@H](O)C1CO[C@@]23CCC([C@]4(C)CC[C@H](C(C)(C)O)O4)C2[C@H](O)CC2[C@@]4(C)CCC(=O)C(C)(C)C4[C@H](C[C@]23C)OC([C@@H](CO)OC2OC(CO)C(O)C(O)C2O)O1. The number of rotatable bonds is 8. The Morgan fingerprint density at radius 1 is 0.930 bits per heavy atom. The number of aliphatic hydroxyl groups excluding tert-OH is 7. The van der Waals surface area contributed by atoms with Gasteiger partial charge in [-0.1, -0.05) is 27.7 Å². The summed E-state index contributed by atoms with van der Waals surface area (Å²) in [5, 5.41) is 87.3. The summed E-state index contributed by atoms with van der Waals surface area (Å²) in [5.74, 6) is -0.866. The minimum Gasteiger partial charge on any atom is -0.394 e. The Balaban J connectivity index is 1.31. The van der Waals surface area contributed by atoms with Gasteiger partial charge in [-0.2, -0.15) is 0 Å². The molecule has 1 spiro atoms. The Morgan fingerprint density at radius 3 is 2.25 bits per heavy atom. The van der Waals surface area contributed by atoms with Crippen molar-refractivity contribution in [2.45, 2.75) is 197 Å². The normalized spacial score (nSPS) is 52.5. The lowest BCUT2D eigenvalue weighted by Crippen LogP contribution is -2.74. The average molecular weight is 815 g/mol. The van der Waals surface area contributed by atoms with Crippen LogP contribution in [0, 0.1) is 39.9 Å². The van der Waals surface area contributed by atoms with Crippen molar-refractivity contribution in [2.75, 3.05) is 19.8 Å². The van der Waals surface area contributed by atoms with Crippen LogP contribution >= 0.6 is 0 Å². The number of hydrogen-bond donors (Lipinski definition) is 8. The molecule has 3 aliphatic heterocycles. The topological polar surface area (TPSA) is 234 Å². The first-order chi connectivity index (χ1) is 26.5. The molecule has 2 bridgehead atoms. The predicted octanol–water partition coefficient (Wildman–Crippen LogP) is 0.947. The minimum absolute atomic E-state index is 0.0960. The number of ketones is 1. The van der Waals surface area contributed by atoms with Crippen molar-refractivity contribution in [3.05, 3.63) is 0 Å². The van der Waals surface area contributed by atoms with Gasteiger partial charge in [0, 0.05) is 29.1 Å². The maximum absolute atomic E-state index is 13.9. The fourth-order valence-electron chi connectivity index (χ4n) is 13.6. The van der Waals surface area contributed by atoms with Crippen molar-refractivity contribution >= 4 is 5.78 Å². The van der Waals surface area contributed by atoms with E-state index in [-0.39, 0.29) is 42.2 Å². The van der Waals surface area contributed by atoms with Crippen LogP contribution in [0.1, 0.15) is 107 Å². The van der Waals surface area contributed by atoms with Gasteiger partial charge < -0.3 is 69.3 Å². The van der Waals surface area contributed by atoms with E-state index in [4.69, 9.17) is 28.4 Å². The summed E-state index contributed by atoms with van der Waals surface area (Å²) < 4.78 is 39.5. The number of carbonyl (C=O) groups excluding carboxylic acids is 1. The Kier molecular flexibility index (Phi) is 11.8. The fraction of sp³-hybridized carbons (Fsp3) is 0.976. The molecule has 4 aliphatic carbocycles. The Morgan fingerprint density at radius 2 is 1.63 bits per heavy atom. The molecule has 0 aromatic rings. The van der Waals surface area contributed by atoms with Gasteiger partial charge in [0.25, 0.3) is 0 Å². The molecule has 0 aromatic carbocycles. The molecular formula is C42H70O15. The van der Waals surface area contributed by atoms with E-state index in [1.54, 1.807) is 20.8 Å². The molecule has 328 valence electrons. The smallest absolute Gasteiger partial charge is 0.187 e. The van der Waals surface area contributed by atoms with E-state index < -0.39 is 114 Å². The monoisotopic (exact) mass is 814 g/mol. The Hall–Kier alpha value is -0.890. The molecule has 7 fully saturated rings. The van der Waals surface area contributed by atoms with Gasteiger partial charge in [-0.15, -0.1) is 0 Å². The van der Waals surface area contributed by atoms with E-state index in [2.05, 4.69) is 20.8 Å². The quantitative estimate of drug-likeness (QED) is 0.170. The van der Waals surface area contributed by atoms with Crippen LogP contribution in [-0.4, -0.2) is 157 Å². The molecule has 0 radical (unpaired) electrons. The fourth-order valence-corrected chi connectivity index (χ4v) is 13.6. The molecule has 57 heavy (non-hydrogen) atoms. The van der Waals surface area contributed by atoms with E-state index in [0.29, 0.717) is 51.4 Å². The zero-order valence-corrected chi connectivity index (χ0v) is 35.0. The van der Waals surface area contributed by atoms with Gasteiger partial charge in [-0.05, 0) is 89.9 Å². The second-order valence-corrected chi connectivity index (χ2v) is 20.6. The summed E-state index contributed by atoms with van der Waals surface area (Å²) in [6.07, 6.45) is -10.2. The molecule has 7 rings (SSSR count). The van der Waals surface area contributed by atoms with E-state index in [9.17, 15) is 45.6 Å². The lowest BCUT2D eigenvalue weighted by Gasteiger charge is -2.71. The van der Waals surface area contributed by atoms with Crippen LogP contribution in [0.2, 0.25) is 0 Å². The van der Waals surface area contributed by atoms with E-state index in [1.165, 1.54) is 0 Å². The molecule has 7 aliphatic rings. The van der Waals surface area contributed by atoms with Crippen LogP contribution in [-0.2, 0) is 33.2 Å². The van der Waals surface area contributed by atoms with E-state index in [1.807, 2.05) is 13.8 Å². The highest BCUT2D eigenvalue weighted by Gasteiger charge is 2.76. The summed E-state index contributed by atoms with van der Waals surface area (Å²) in [4.78, 5) is 13.9. The summed E-state index contributed by atoms with van der Waals surface area (Å²) in [7, 11) is 0. The van der Waals surface area contributed by atoms with Crippen molar-refractivity contribution in [3.63, 3.8) is 0 Å². The van der Waals surface area contributed by atoms with Crippen LogP contribution in [0.5, 0.6) is 0 Å². The van der Waals surface area contributed by atoms with Crippen molar-refractivity contribution in [1.82, 2.24) is 0 Å². The molecule has 3 saturated heterocycles. The second-order valence-electron chi connectivity index (χ2n) is 20.6. The highest BCUT2D eigenvalue weighted by Crippen LogP contribution is 2.74. The zero-order chi connectivity index (χ0) is 41.8. The van der Waals surface area contributed by atoms with Gasteiger partial charge in [0.05, 0.1) is 61.0 Å².